The molecule has 0 spiro atoms. The lowest BCUT2D eigenvalue weighted by Gasteiger charge is -2.28. The molecule has 1 aromatic carbocycles. The molecule has 0 amide bonds. The lowest BCUT2D eigenvalue weighted by atomic mass is 9.84. The molecule has 1 aromatic rings. The molecule has 3 rings (SSSR count). The summed E-state index contributed by atoms with van der Waals surface area (Å²) >= 11 is 0. The summed E-state index contributed by atoms with van der Waals surface area (Å²) in [6.45, 7) is 4.55. The minimum Gasteiger partial charge on any atom is -0.459 e. The summed E-state index contributed by atoms with van der Waals surface area (Å²) in [4.78, 5) is 12.6. The molecule has 0 aliphatic heterocycles. The van der Waals surface area contributed by atoms with Crippen LogP contribution in [0.1, 0.15) is 113 Å². The maximum atomic E-state index is 12.6. The number of ether oxygens (including phenoxy) is 1. The van der Waals surface area contributed by atoms with Gasteiger partial charge in [-0.25, -0.2) is 4.79 Å². The molecule has 1 atom stereocenters. The number of carbonyl (C=O) groups is 1. The van der Waals surface area contributed by atoms with E-state index in [1.54, 1.807) is 0 Å². The normalized spacial score (nSPS) is 24.8. The molecule has 2 aliphatic carbocycles. The molecule has 0 N–H and O–H groups in total. The van der Waals surface area contributed by atoms with Crippen molar-refractivity contribution in [1.82, 2.24) is 0 Å². The van der Waals surface area contributed by atoms with Crippen LogP contribution in [0.3, 0.4) is 0 Å². The zero-order chi connectivity index (χ0) is 20.5. The summed E-state index contributed by atoms with van der Waals surface area (Å²) in [6.07, 6.45) is 18.7. The van der Waals surface area contributed by atoms with E-state index in [4.69, 9.17) is 4.74 Å². The predicted octanol–water partition coefficient (Wildman–Crippen LogP) is 7.97. The van der Waals surface area contributed by atoms with Crippen molar-refractivity contribution >= 4 is 11.5 Å². The SMILES string of the molecule is CCCCCC[C@H]1CC[C@H](OC(=O)c2ccc(C3=CCC(CC)CC3)cc2)CC1. The van der Waals surface area contributed by atoms with Crippen LogP contribution in [-0.2, 0) is 4.74 Å². The first-order chi connectivity index (χ1) is 14.2. The van der Waals surface area contributed by atoms with Crippen molar-refractivity contribution in [1.29, 1.82) is 0 Å². The van der Waals surface area contributed by atoms with Gasteiger partial charge >= 0.3 is 5.97 Å². The van der Waals surface area contributed by atoms with Gasteiger partial charge in [0.15, 0.2) is 0 Å². The Morgan fingerprint density at radius 2 is 1.69 bits per heavy atom. The molecule has 0 heterocycles. The highest BCUT2D eigenvalue weighted by atomic mass is 16.5. The molecular formula is C27H40O2. The van der Waals surface area contributed by atoms with Crippen LogP contribution in [0.25, 0.3) is 5.57 Å². The monoisotopic (exact) mass is 396 g/mol. The second kappa shape index (κ2) is 11.6. The zero-order valence-corrected chi connectivity index (χ0v) is 18.6. The zero-order valence-electron chi connectivity index (χ0n) is 18.6. The summed E-state index contributed by atoms with van der Waals surface area (Å²) in [5, 5.41) is 0. The van der Waals surface area contributed by atoms with E-state index in [2.05, 4.69) is 32.1 Å². The minimum absolute atomic E-state index is 0.112. The largest absolute Gasteiger partial charge is 0.459 e. The van der Waals surface area contributed by atoms with Crippen LogP contribution < -0.4 is 0 Å². The van der Waals surface area contributed by atoms with E-state index in [0.717, 1.165) is 31.1 Å². The number of carbonyl (C=O) groups excluding carboxylic acids is 1. The van der Waals surface area contributed by atoms with Crippen molar-refractivity contribution in [3.8, 4) is 0 Å². The minimum atomic E-state index is -0.147. The van der Waals surface area contributed by atoms with Crippen molar-refractivity contribution in [2.24, 2.45) is 11.8 Å². The van der Waals surface area contributed by atoms with Crippen molar-refractivity contribution < 1.29 is 9.53 Å². The van der Waals surface area contributed by atoms with Crippen LogP contribution in [0, 0.1) is 11.8 Å². The van der Waals surface area contributed by atoms with Gasteiger partial charge in [-0.2, -0.15) is 0 Å². The number of hydrogen-bond donors (Lipinski definition) is 0. The first-order valence-corrected chi connectivity index (χ1v) is 12.2. The molecule has 0 bridgehead atoms. The number of unbranched alkanes of at least 4 members (excludes halogenated alkanes) is 3. The van der Waals surface area contributed by atoms with Crippen LogP contribution in [0.5, 0.6) is 0 Å². The lowest BCUT2D eigenvalue weighted by molar-refractivity contribution is 0.0161. The van der Waals surface area contributed by atoms with Gasteiger partial charge in [0.25, 0.3) is 0 Å². The summed E-state index contributed by atoms with van der Waals surface area (Å²) in [7, 11) is 0. The van der Waals surface area contributed by atoms with Crippen molar-refractivity contribution in [2.45, 2.75) is 103 Å². The smallest absolute Gasteiger partial charge is 0.338 e. The number of allylic oxidation sites excluding steroid dienone is 2. The molecule has 0 radical (unpaired) electrons. The standard InChI is InChI=1S/C27H40O2/c1-3-5-6-7-8-22-11-19-26(20-12-22)29-27(28)25-17-15-24(16-18-25)23-13-9-21(4-2)10-14-23/h13,15-18,21-22,26H,3-12,14,19-20H2,1-2H3/t21?,22-,26-. The molecular weight excluding hydrogens is 356 g/mol. The van der Waals surface area contributed by atoms with E-state index in [9.17, 15) is 4.79 Å². The fourth-order valence-corrected chi connectivity index (χ4v) is 4.96. The highest BCUT2D eigenvalue weighted by Crippen LogP contribution is 2.32. The summed E-state index contributed by atoms with van der Waals surface area (Å²) in [5.41, 5.74) is 3.39. The lowest BCUT2D eigenvalue weighted by Crippen LogP contribution is -2.24. The Hall–Kier alpha value is -1.57. The molecule has 2 nitrogen and oxygen atoms in total. The van der Waals surface area contributed by atoms with Crippen LogP contribution in [0.2, 0.25) is 0 Å². The van der Waals surface area contributed by atoms with E-state index in [0.29, 0.717) is 5.56 Å². The van der Waals surface area contributed by atoms with Gasteiger partial charge in [-0.15, -0.1) is 0 Å². The molecule has 1 saturated carbocycles. The first kappa shape index (κ1) is 22.1. The van der Waals surface area contributed by atoms with E-state index >= 15 is 0 Å². The van der Waals surface area contributed by atoms with E-state index < -0.39 is 0 Å². The second-order valence-electron chi connectivity index (χ2n) is 9.25. The number of benzene rings is 1. The summed E-state index contributed by atoms with van der Waals surface area (Å²) in [6, 6.07) is 8.09. The Morgan fingerprint density at radius 3 is 2.31 bits per heavy atom. The molecule has 0 saturated heterocycles. The van der Waals surface area contributed by atoms with Gasteiger partial charge in [0, 0.05) is 0 Å². The average Bonchev–Trinajstić information content (AvgIpc) is 2.78. The van der Waals surface area contributed by atoms with Gasteiger partial charge in [0.2, 0.25) is 0 Å². The second-order valence-corrected chi connectivity index (χ2v) is 9.25. The highest BCUT2D eigenvalue weighted by molar-refractivity contribution is 5.90. The molecule has 2 heteroatoms. The topological polar surface area (TPSA) is 26.3 Å². The molecule has 29 heavy (non-hydrogen) atoms. The fourth-order valence-electron chi connectivity index (χ4n) is 4.96. The molecule has 1 unspecified atom stereocenters. The van der Waals surface area contributed by atoms with Crippen molar-refractivity contribution in [2.75, 3.05) is 0 Å². The van der Waals surface area contributed by atoms with E-state index in [-0.39, 0.29) is 12.1 Å². The van der Waals surface area contributed by atoms with Gasteiger partial charge in [0.1, 0.15) is 6.10 Å². The fraction of sp³-hybridized carbons (Fsp3) is 0.667. The first-order valence-electron chi connectivity index (χ1n) is 12.2. The Kier molecular flexibility index (Phi) is 8.83. The van der Waals surface area contributed by atoms with Crippen LogP contribution in [0.4, 0.5) is 0 Å². The van der Waals surface area contributed by atoms with Crippen molar-refractivity contribution in [3.63, 3.8) is 0 Å². The number of hydrogen-bond acceptors (Lipinski definition) is 2. The van der Waals surface area contributed by atoms with E-state index in [1.807, 2.05) is 12.1 Å². The molecule has 2 aliphatic rings. The maximum absolute atomic E-state index is 12.6. The summed E-state index contributed by atoms with van der Waals surface area (Å²) < 4.78 is 5.83. The summed E-state index contributed by atoms with van der Waals surface area (Å²) in [5.74, 6) is 1.54. The third-order valence-electron chi connectivity index (χ3n) is 7.12. The number of esters is 1. The molecule has 1 fully saturated rings. The number of rotatable bonds is 9. The van der Waals surface area contributed by atoms with Crippen molar-refractivity contribution in [3.05, 3.63) is 41.5 Å². The van der Waals surface area contributed by atoms with Gasteiger partial charge in [-0.1, -0.05) is 70.6 Å². The maximum Gasteiger partial charge on any atom is 0.338 e. The Morgan fingerprint density at radius 1 is 0.931 bits per heavy atom. The van der Waals surface area contributed by atoms with Crippen LogP contribution in [0.15, 0.2) is 30.3 Å². The third kappa shape index (κ3) is 6.73. The van der Waals surface area contributed by atoms with Gasteiger partial charge in [-0.05, 0) is 80.1 Å². The Balaban J connectivity index is 1.43. The Labute approximate surface area is 178 Å². The van der Waals surface area contributed by atoms with E-state index in [1.165, 1.54) is 75.3 Å². The molecule has 0 aromatic heterocycles. The Bertz CT molecular complexity index is 650. The van der Waals surface area contributed by atoms with Gasteiger partial charge in [0.05, 0.1) is 5.56 Å². The third-order valence-corrected chi connectivity index (χ3v) is 7.12. The van der Waals surface area contributed by atoms with Gasteiger partial charge in [-0.3, -0.25) is 0 Å². The van der Waals surface area contributed by atoms with Crippen LogP contribution >= 0.6 is 0 Å². The van der Waals surface area contributed by atoms with Crippen LogP contribution in [-0.4, -0.2) is 12.1 Å². The quantitative estimate of drug-likeness (QED) is 0.312. The van der Waals surface area contributed by atoms with Gasteiger partial charge < -0.3 is 4.74 Å². The molecule has 160 valence electrons. The predicted molar refractivity (Wildman–Crippen MR) is 122 cm³/mol. The highest BCUT2D eigenvalue weighted by Gasteiger charge is 2.24. The average molecular weight is 397 g/mol.